The van der Waals surface area contributed by atoms with E-state index < -0.39 is 0 Å². The Morgan fingerprint density at radius 1 is 0.469 bits per heavy atom. The largest absolute Gasteiger partial charge is 0.456 e. The van der Waals surface area contributed by atoms with E-state index >= 15 is 0 Å². The molecule has 0 aliphatic rings. The maximum atomic E-state index is 6.45. The smallest absolute Gasteiger partial charge is 0.238 e. The van der Waals surface area contributed by atoms with Crippen LogP contribution in [0.2, 0.25) is 0 Å². The Labute approximate surface area is 283 Å². The lowest BCUT2D eigenvalue weighted by Crippen LogP contribution is -2.06. The predicted molar refractivity (Wildman–Crippen MR) is 203 cm³/mol. The molecule has 0 saturated carbocycles. The van der Waals surface area contributed by atoms with Crippen LogP contribution in [0.5, 0.6) is 0 Å². The molecule has 0 N–H and O–H groups in total. The van der Waals surface area contributed by atoms with E-state index in [0.29, 0.717) is 17.6 Å². The molecule has 0 aliphatic carbocycles. The van der Waals surface area contributed by atoms with E-state index in [1.807, 2.05) is 41.7 Å². The molecule has 4 aromatic heterocycles. The van der Waals surface area contributed by atoms with Crippen molar-refractivity contribution in [3.63, 3.8) is 0 Å². The van der Waals surface area contributed by atoms with Gasteiger partial charge in [0.1, 0.15) is 11.2 Å². The molecule has 4 heterocycles. The first-order chi connectivity index (χ1) is 24.3. The van der Waals surface area contributed by atoms with Gasteiger partial charge in [-0.15, -0.1) is 11.3 Å². The van der Waals surface area contributed by atoms with Crippen LogP contribution in [0.1, 0.15) is 0 Å². The Morgan fingerprint density at radius 3 is 2.10 bits per heavy atom. The van der Waals surface area contributed by atoms with Crippen LogP contribution in [-0.2, 0) is 0 Å². The van der Waals surface area contributed by atoms with Gasteiger partial charge in [0.25, 0.3) is 0 Å². The number of fused-ring (bicyclic) bond motifs is 12. The van der Waals surface area contributed by atoms with E-state index in [0.717, 1.165) is 44.1 Å². The molecule has 0 radical (unpaired) electrons. The van der Waals surface area contributed by atoms with E-state index in [1.54, 1.807) is 0 Å². The van der Waals surface area contributed by atoms with E-state index in [2.05, 4.69) is 120 Å². The number of thiophene rings is 1. The van der Waals surface area contributed by atoms with Gasteiger partial charge in [-0.2, -0.15) is 9.97 Å². The van der Waals surface area contributed by atoms with Gasteiger partial charge in [0.05, 0.1) is 11.0 Å². The fraction of sp³-hybridized carbons (Fsp3) is 0. The molecule has 49 heavy (non-hydrogen) atoms. The summed E-state index contributed by atoms with van der Waals surface area (Å²) in [7, 11) is 0. The fourth-order valence-electron chi connectivity index (χ4n) is 7.45. The molecule has 0 unspecified atom stereocenters. The Morgan fingerprint density at radius 2 is 1.20 bits per heavy atom. The zero-order chi connectivity index (χ0) is 32.1. The molecule has 6 heteroatoms. The molecule has 0 saturated heterocycles. The highest BCUT2D eigenvalue weighted by Crippen LogP contribution is 2.43. The molecule has 0 fully saturated rings. The van der Waals surface area contributed by atoms with Crippen LogP contribution in [0.4, 0.5) is 0 Å². The lowest BCUT2D eigenvalue weighted by atomic mass is 10.0. The summed E-state index contributed by atoms with van der Waals surface area (Å²) in [5.41, 5.74) is 5.58. The van der Waals surface area contributed by atoms with Gasteiger partial charge in [-0.25, -0.2) is 4.98 Å². The molecule has 7 aromatic carbocycles. The molecular weight excluding hydrogens is 621 g/mol. The predicted octanol–water partition coefficient (Wildman–Crippen LogP) is 11.7. The van der Waals surface area contributed by atoms with Crippen LogP contribution in [0.15, 0.2) is 150 Å². The maximum Gasteiger partial charge on any atom is 0.238 e. The highest BCUT2D eigenvalue weighted by Gasteiger charge is 2.21. The Kier molecular flexibility index (Phi) is 5.48. The Balaban J connectivity index is 1.19. The number of furan rings is 1. The minimum Gasteiger partial charge on any atom is -0.456 e. The second-order valence-electron chi connectivity index (χ2n) is 12.4. The van der Waals surface area contributed by atoms with Crippen molar-refractivity contribution >= 4 is 86.0 Å². The third-order valence-corrected chi connectivity index (χ3v) is 10.9. The number of hydrogen-bond acceptors (Lipinski definition) is 5. The van der Waals surface area contributed by atoms with Crippen LogP contribution in [0, 0.1) is 0 Å². The van der Waals surface area contributed by atoms with Crippen molar-refractivity contribution in [1.29, 1.82) is 0 Å². The zero-order valence-corrected chi connectivity index (χ0v) is 26.8. The van der Waals surface area contributed by atoms with Crippen molar-refractivity contribution in [3.05, 3.63) is 146 Å². The standard InChI is InChI=1S/C43H24N4OS/c1-2-11-26(12-3-1)41-44-42(27-18-20-32-36(24-27)48-35-23-19-25-10-4-5-13-28(25)38(32)35)46-43(45-41)47-33-16-8-6-15-31(33)39-34(47)22-21-30-29-14-7-9-17-37(29)49-40(30)39/h1-24H. The third kappa shape index (κ3) is 3.89. The summed E-state index contributed by atoms with van der Waals surface area (Å²) in [5, 5.41) is 9.51. The van der Waals surface area contributed by atoms with Gasteiger partial charge >= 0.3 is 0 Å². The van der Waals surface area contributed by atoms with Crippen molar-refractivity contribution in [1.82, 2.24) is 19.5 Å². The summed E-state index contributed by atoms with van der Waals surface area (Å²) in [6.07, 6.45) is 0. The summed E-state index contributed by atoms with van der Waals surface area (Å²) in [6.45, 7) is 0. The van der Waals surface area contributed by atoms with Crippen molar-refractivity contribution in [2.24, 2.45) is 0 Å². The molecule has 11 rings (SSSR count). The first kappa shape index (κ1) is 26.7. The number of para-hydroxylation sites is 1. The summed E-state index contributed by atoms with van der Waals surface area (Å²) in [6, 6.07) is 50.7. The lowest BCUT2D eigenvalue weighted by molar-refractivity contribution is 0.669. The first-order valence-corrected chi connectivity index (χ1v) is 17.1. The van der Waals surface area contributed by atoms with E-state index in [9.17, 15) is 0 Å². The normalized spacial score (nSPS) is 12.1. The molecule has 0 spiro atoms. The SMILES string of the molecule is c1ccc(-c2nc(-c3ccc4c(c3)oc3ccc5ccccc5c34)nc(-n3c4ccccc4c4c5sc6ccccc6c5ccc43)n2)cc1. The number of rotatable bonds is 3. The van der Waals surface area contributed by atoms with Gasteiger partial charge in [-0.05, 0) is 47.2 Å². The van der Waals surface area contributed by atoms with Gasteiger partial charge in [0.15, 0.2) is 11.6 Å². The van der Waals surface area contributed by atoms with Crippen molar-refractivity contribution in [2.45, 2.75) is 0 Å². The highest BCUT2D eigenvalue weighted by molar-refractivity contribution is 7.26. The highest BCUT2D eigenvalue weighted by atomic mass is 32.1. The second-order valence-corrected chi connectivity index (χ2v) is 13.5. The molecule has 0 bridgehead atoms. The van der Waals surface area contributed by atoms with Gasteiger partial charge in [0, 0.05) is 52.8 Å². The first-order valence-electron chi connectivity index (χ1n) is 16.3. The van der Waals surface area contributed by atoms with E-state index in [1.165, 1.54) is 41.7 Å². The molecule has 5 nitrogen and oxygen atoms in total. The molecule has 228 valence electrons. The molecule has 11 aromatic rings. The number of hydrogen-bond donors (Lipinski definition) is 0. The average molecular weight is 645 g/mol. The molecule has 0 aliphatic heterocycles. The van der Waals surface area contributed by atoms with Crippen LogP contribution in [0.3, 0.4) is 0 Å². The quantitative estimate of drug-likeness (QED) is 0.192. The van der Waals surface area contributed by atoms with E-state index in [4.69, 9.17) is 19.4 Å². The van der Waals surface area contributed by atoms with Gasteiger partial charge in [0.2, 0.25) is 5.95 Å². The van der Waals surface area contributed by atoms with Crippen molar-refractivity contribution in [2.75, 3.05) is 0 Å². The van der Waals surface area contributed by atoms with Gasteiger partial charge < -0.3 is 4.42 Å². The van der Waals surface area contributed by atoms with E-state index in [-0.39, 0.29) is 0 Å². The maximum absolute atomic E-state index is 6.45. The third-order valence-electron chi connectivity index (χ3n) is 9.66. The minimum absolute atomic E-state index is 0.575. The summed E-state index contributed by atoms with van der Waals surface area (Å²) in [5.74, 6) is 1.78. The minimum atomic E-state index is 0.575. The second kappa shape index (κ2) is 10.1. The summed E-state index contributed by atoms with van der Waals surface area (Å²) in [4.78, 5) is 15.4. The van der Waals surface area contributed by atoms with Crippen LogP contribution in [-0.4, -0.2) is 19.5 Å². The van der Waals surface area contributed by atoms with Crippen LogP contribution in [0.25, 0.3) is 103 Å². The van der Waals surface area contributed by atoms with Gasteiger partial charge in [-0.1, -0.05) is 109 Å². The van der Waals surface area contributed by atoms with Crippen LogP contribution < -0.4 is 0 Å². The Bertz CT molecular complexity index is 3120. The molecular formula is C43H24N4OS. The number of nitrogens with zero attached hydrogens (tertiary/aromatic N) is 4. The molecule has 0 amide bonds. The fourth-order valence-corrected chi connectivity index (χ4v) is 8.70. The van der Waals surface area contributed by atoms with Crippen molar-refractivity contribution < 1.29 is 4.42 Å². The monoisotopic (exact) mass is 644 g/mol. The summed E-state index contributed by atoms with van der Waals surface area (Å²) >= 11 is 1.84. The topological polar surface area (TPSA) is 56.7 Å². The zero-order valence-electron chi connectivity index (χ0n) is 26.0. The summed E-state index contributed by atoms with van der Waals surface area (Å²) < 4.78 is 11.2. The van der Waals surface area contributed by atoms with Gasteiger partial charge in [-0.3, -0.25) is 4.57 Å². The molecule has 0 atom stereocenters. The average Bonchev–Trinajstić information content (AvgIpc) is 3.84. The van der Waals surface area contributed by atoms with Crippen LogP contribution >= 0.6 is 11.3 Å². The number of benzene rings is 7. The number of aromatic nitrogens is 4. The Hall–Kier alpha value is -6.37. The van der Waals surface area contributed by atoms with Crippen molar-refractivity contribution in [3.8, 4) is 28.7 Å². The lowest BCUT2D eigenvalue weighted by Gasteiger charge is -2.11.